The Hall–Kier alpha value is -3.31. The molecule has 0 amide bonds. The fourth-order valence-electron chi connectivity index (χ4n) is 4.66. The number of para-hydroxylation sites is 2. The van der Waals surface area contributed by atoms with Gasteiger partial charge in [-0.1, -0.05) is 69.5 Å². The van der Waals surface area contributed by atoms with Crippen LogP contribution in [0.2, 0.25) is 10.0 Å². The number of nitrogens with zero attached hydrogens (tertiary/aromatic N) is 6. The van der Waals surface area contributed by atoms with Crippen molar-refractivity contribution in [1.82, 2.24) is 28.2 Å². The third-order valence-electron chi connectivity index (χ3n) is 6.69. The van der Waals surface area contributed by atoms with E-state index in [1.54, 1.807) is 23.7 Å². The summed E-state index contributed by atoms with van der Waals surface area (Å²) in [6, 6.07) is 21.3. The van der Waals surface area contributed by atoms with Gasteiger partial charge in [-0.2, -0.15) is 0 Å². The van der Waals surface area contributed by atoms with Crippen LogP contribution < -0.4 is 11.2 Å². The molecule has 3 heterocycles. The van der Waals surface area contributed by atoms with Crippen LogP contribution in [0, 0.1) is 0 Å². The van der Waals surface area contributed by atoms with Crippen molar-refractivity contribution in [3.63, 3.8) is 0 Å². The van der Waals surface area contributed by atoms with Crippen LogP contribution in [0.5, 0.6) is 0 Å². The highest BCUT2D eigenvalue weighted by Crippen LogP contribution is 2.33. The standard InChI is InChI=1S/C28H21BrCl2N6O2S/c1-34-24-23(25(38)35(2)28(34)39)37(15-17-10-11-19(30)13-20(17)31)27(33-24)40-26-32-21-8-3-4-9-22(21)36(26)14-16-6-5-7-18(29)12-16/h3-13H,14-15H2,1-2H3. The summed E-state index contributed by atoms with van der Waals surface area (Å²) < 4.78 is 7.37. The molecule has 0 bridgehead atoms. The molecule has 8 nitrogen and oxygen atoms in total. The lowest BCUT2D eigenvalue weighted by Crippen LogP contribution is -2.37. The molecule has 0 N–H and O–H groups in total. The molecule has 3 aromatic carbocycles. The molecule has 0 aliphatic heterocycles. The zero-order valence-electron chi connectivity index (χ0n) is 21.3. The molecular formula is C28H21BrCl2N6O2S. The predicted octanol–water partition coefficient (Wildman–Crippen LogP) is 6.10. The lowest BCUT2D eigenvalue weighted by molar-refractivity contribution is 0.693. The van der Waals surface area contributed by atoms with Crippen molar-refractivity contribution >= 4 is 73.1 Å². The third-order valence-corrected chi connectivity index (χ3v) is 8.76. The van der Waals surface area contributed by atoms with Gasteiger partial charge in [-0.15, -0.1) is 0 Å². The fourth-order valence-corrected chi connectivity index (χ4v) is 6.55. The molecule has 6 rings (SSSR count). The quantitative estimate of drug-likeness (QED) is 0.217. The van der Waals surface area contributed by atoms with Crippen molar-refractivity contribution < 1.29 is 0 Å². The molecule has 202 valence electrons. The highest BCUT2D eigenvalue weighted by Gasteiger charge is 2.23. The molecule has 12 heteroatoms. The fraction of sp³-hybridized carbons (Fsp3) is 0.143. The number of imidazole rings is 2. The second kappa shape index (κ2) is 10.6. The van der Waals surface area contributed by atoms with Gasteiger partial charge in [0.15, 0.2) is 21.5 Å². The Kier molecular flexibility index (Phi) is 7.12. The van der Waals surface area contributed by atoms with Crippen molar-refractivity contribution in [2.45, 2.75) is 23.4 Å². The van der Waals surface area contributed by atoms with Gasteiger partial charge in [-0.05, 0) is 59.3 Å². The minimum atomic E-state index is -0.454. The van der Waals surface area contributed by atoms with Crippen LogP contribution in [0.15, 0.2) is 91.1 Å². The SMILES string of the molecule is Cn1c(=O)c2c(nc(Sc3nc4ccccc4n3Cc3cccc(Br)c3)n2Cc2ccc(Cl)cc2Cl)n(C)c1=O. The number of hydrogen-bond acceptors (Lipinski definition) is 5. The lowest BCUT2D eigenvalue weighted by atomic mass is 10.2. The number of rotatable bonds is 6. The van der Waals surface area contributed by atoms with Crippen molar-refractivity contribution in [2.75, 3.05) is 0 Å². The summed E-state index contributed by atoms with van der Waals surface area (Å²) in [7, 11) is 3.06. The number of hydrogen-bond donors (Lipinski definition) is 0. The van der Waals surface area contributed by atoms with E-state index in [4.69, 9.17) is 33.2 Å². The molecular weight excluding hydrogens is 635 g/mol. The summed E-state index contributed by atoms with van der Waals surface area (Å²) in [5, 5.41) is 2.18. The van der Waals surface area contributed by atoms with Crippen LogP contribution in [-0.2, 0) is 27.2 Å². The smallest absolute Gasteiger partial charge is 0.314 e. The molecule has 0 radical (unpaired) electrons. The molecule has 40 heavy (non-hydrogen) atoms. The Balaban J connectivity index is 1.55. The summed E-state index contributed by atoms with van der Waals surface area (Å²) >= 11 is 17.6. The average Bonchev–Trinajstić information content (AvgIpc) is 3.46. The van der Waals surface area contributed by atoms with Crippen LogP contribution in [0.25, 0.3) is 22.2 Å². The second-order valence-electron chi connectivity index (χ2n) is 9.30. The van der Waals surface area contributed by atoms with E-state index in [2.05, 4.69) is 32.6 Å². The average molecular weight is 656 g/mol. The van der Waals surface area contributed by atoms with E-state index in [9.17, 15) is 9.59 Å². The lowest BCUT2D eigenvalue weighted by Gasteiger charge is -2.12. The van der Waals surface area contributed by atoms with Crippen LogP contribution in [0.4, 0.5) is 0 Å². The Labute approximate surface area is 250 Å². The maximum atomic E-state index is 13.4. The Bertz CT molecular complexity index is 2060. The van der Waals surface area contributed by atoms with E-state index in [1.165, 1.54) is 23.4 Å². The number of aryl methyl sites for hydroxylation is 1. The van der Waals surface area contributed by atoms with E-state index < -0.39 is 11.2 Å². The molecule has 0 atom stereocenters. The van der Waals surface area contributed by atoms with Gasteiger partial charge >= 0.3 is 5.69 Å². The van der Waals surface area contributed by atoms with Gasteiger partial charge in [0.1, 0.15) is 0 Å². The first-order valence-corrected chi connectivity index (χ1v) is 14.6. The van der Waals surface area contributed by atoms with Gasteiger partial charge in [-0.3, -0.25) is 13.9 Å². The maximum Gasteiger partial charge on any atom is 0.332 e. The number of aromatic nitrogens is 6. The zero-order chi connectivity index (χ0) is 28.1. The summed E-state index contributed by atoms with van der Waals surface area (Å²) in [4.78, 5) is 35.9. The molecule has 0 saturated heterocycles. The predicted molar refractivity (Wildman–Crippen MR) is 163 cm³/mol. The Morgan fingerprint density at radius 1 is 0.850 bits per heavy atom. The first kappa shape index (κ1) is 26.9. The van der Waals surface area contributed by atoms with Gasteiger partial charge in [0, 0.05) is 28.6 Å². The van der Waals surface area contributed by atoms with Gasteiger partial charge in [0.05, 0.1) is 24.1 Å². The molecule has 6 aromatic rings. The maximum absolute atomic E-state index is 13.4. The highest BCUT2D eigenvalue weighted by atomic mass is 79.9. The summed E-state index contributed by atoms with van der Waals surface area (Å²) in [6.45, 7) is 0.819. The van der Waals surface area contributed by atoms with E-state index in [0.29, 0.717) is 32.4 Å². The second-order valence-corrected chi connectivity index (χ2v) is 12.0. The van der Waals surface area contributed by atoms with Crippen molar-refractivity contribution in [2.24, 2.45) is 14.1 Å². The van der Waals surface area contributed by atoms with Crippen molar-refractivity contribution in [3.8, 4) is 0 Å². The first-order chi connectivity index (χ1) is 19.2. The van der Waals surface area contributed by atoms with Crippen LogP contribution in [0.3, 0.4) is 0 Å². The molecule has 0 saturated carbocycles. The summed E-state index contributed by atoms with van der Waals surface area (Å²) in [5.41, 5.74) is 3.35. The molecule has 3 aromatic heterocycles. The largest absolute Gasteiger partial charge is 0.332 e. The topological polar surface area (TPSA) is 79.6 Å². The van der Waals surface area contributed by atoms with E-state index >= 15 is 0 Å². The normalized spacial score (nSPS) is 11.6. The number of benzene rings is 3. The Morgan fingerprint density at radius 3 is 2.40 bits per heavy atom. The molecule has 0 fully saturated rings. The van der Waals surface area contributed by atoms with Gasteiger partial charge < -0.3 is 9.13 Å². The Morgan fingerprint density at radius 2 is 1.62 bits per heavy atom. The molecule has 0 aliphatic carbocycles. The summed E-state index contributed by atoms with van der Waals surface area (Å²) in [5.74, 6) is 0. The van der Waals surface area contributed by atoms with Gasteiger partial charge in [0.25, 0.3) is 5.56 Å². The molecule has 0 spiro atoms. The number of halogens is 3. The zero-order valence-corrected chi connectivity index (χ0v) is 25.2. The monoisotopic (exact) mass is 654 g/mol. The minimum absolute atomic E-state index is 0.244. The van der Waals surface area contributed by atoms with Crippen LogP contribution >= 0.6 is 50.9 Å². The number of fused-ring (bicyclic) bond motifs is 2. The van der Waals surface area contributed by atoms with Crippen molar-refractivity contribution in [1.29, 1.82) is 0 Å². The summed E-state index contributed by atoms with van der Waals surface area (Å²) in [6.07, 6.45) is 0. The highest BCUT2D eigenvalue weighted by molar-refractivity contribution is 9.10. The first-order valence-electron chi connectivity index (χ1n) is 12.2. The molecule has 0 aliphatic rings. The van der Waals surface area contributed by atoms with E-state index in [-0.39, 0.29) is 12.2 Å². The van der Waals surface area contributed by atoms with E-state index in [1.807, 2.05) is 42.5 Å². The van der Waals surface area contributed by atoms with Crippen molar-refractivity contribution in [3.05, 3.63) is 113 Å². The van der Waals surface area contributed by atoms with E-state index in [0.717, 1.165) is 31.2 Å². The van der Waals surface area contributed by atoms with Gasteiger partial charge in [-0.25, -0.2) is 14.8 Å². The molecule has 0 unspecified atom stereocenters. The third kappa shape index (κ3) is 4.79. The minimum Gasteiger partial charge on any atom is -0.314 e. The van der Waals surface area contributed by atoms with Crippen LogP contribution in [-0.4, -0.2) is 28.2 Å². The van der Waals surface area contributed by atoms with Gasteiger partial charge in [0.2, 0.25) is 0 Å². The van der Waals surface area contributed by atoms with Crippen LogP contribution in [0.1, 0.15) is 11.1 Å².